The zero-order valence-corrected chi connectivity index (χ0v) is 14.4. The molecule has 2 aromatic rings. The highest BCUT2D eigenvalue weighted by Crippen LogP contribution is 2.15. The molecule has 116 valence electrons. The molecule has 0 saturated heterocycles. The Morgan fingerprint density at radius 3 is 2.50 bits per heavy atom. The summed E-state index contributed by atoms with van der Waals surface area (Å²) in [4.78, 5) is 0. The minimum absolute atomic E-state index is 0.691. The van der Waals surface area contributed by atoms with Crippen LogP contribution in [0.1, 0.15) is 28.7 Å². The van der Waals surface area contributed by atoms with Gasteiger partial charge in [-0.2, -0.15) is 0 Å². The molecule has 0 atom stereocenters. The van der Waals surface area contributed by atoms with Crippen molar-refractivity contribution in [1.82, 2.24) is 5.32 Å². The van der Waals surface area contributed by atoms with Crippen LogP contribution in [0, 0.1) is 20.8 Å². The van der Waals surface area contributed by atoms with Gasteiger partial charge in [-0.3, -0.25) is 0 Å². The molecule has 0 radical (unpaired) electrons. The van der Waals surface area contributed by atoms with Crippen LogP contribution in [-0.2, 0) is 6.42 Å². The topological polar surface area (TPSA) is 24.1 Å². The number of aryl methyl sites for hydroxylation is 4. The average molecular weight is 312 g/mol. The first kappa shape index (κ1) is 16.5. The van der Waals surface area contributed by atoms with Crippen LogP contribution < -0.4 is 10.6 Å². The van der Waals surface area contributed by atoms with E-state index in [4.69, 9.17) is 12.2 Å². The first-order valence-electron chi connectivity index (χ1n) is 7.72. The predicted molar refractivity (Wildman–Crippen MR) is 99.6 cm³/mol. The lowest BCUT2D eigenvalue weighted by Gasteiger charge is -2.13. The number of nitrogens with one attached hydrogen (secondary N) is 2. The second-order valence-electron chi connectivity index (χ2n) is 5.79. The lowest BCUT2D eigenvalue weighted by atomic mass is 10.1. The molecule has 22 heavy (non-hydrogen) atoms. The van der Waals surface area contributed by atoms with Crippen LogP contribution in [0.2, 0.25) is 0 Å². The molecular weight excluding hydrogens is 288 g/mol. The zero-order chi connectivity index (χ0) is 15.9. The van der Waals surface area contributed by atoms with Gasteiger partial charge >= 0.3 is 0 Å². The largest absolute Gasteiger partial charge is 0.362 e. The van der Waals surface area contributed by atoms with Crippen molar-refractivity contribution in [3.8, 4) is 0 Å². The van der Waals surface area contributed by atoms with Crippen LogP contribution >= 0.6 is 12.2 Å². The molecular formula is C19H24N2S. The van der Waals surface area contributed by atoms with Crippen molar-refractivity contribution in [1.29, 1.82) is 0 Å². The van der Waals surface area contributed by atoms with Crippen molar-refractivity contribution in [2.75, 3.05) is 11.9 Å². The van der Waals surface area contributed by atoms with E-state index in [1.165, 1.54) is 22.3 Å². The highest BCUT2D eigenvalue weighted by molar-refractivity contribution is 7.80. The van der Waals surface area contributed by atoms with Gasteiger partial charge in [-0.1, -0.05) is 47.5 Å². The fourth-order valence-corrected chi connectivity index (χ4v) is 2.69. The lowest BCUT2D eigenvalue weighted by Crippen LogP contribution is -2.29. The van der Waals surface area contributed by atoms with Gasteiger partial charge in [0.05, 0.1) is 0 Å². The molecule has 0 aliphatic heterocycles. The van der Waals surface area contributed by atoms with Crippen LogP contribution in [0.15, 0.2) is 42.5 Å². The molecule has 2 N–H and O–H groups in total. The summed E-state index contributed by atoms with van der Waals surface area (Å²) in [6.07, 6.45) is 2.14. The second-order valence-corrected chi connectivity index (χ2v) is 6.20. The smallest absolute Gasteiger partial charge is 0.170 e. The second kappa shape index (κ2) is 7.95. The third kappa shape index (κ3) is 5.15. The van der Waals surface area contributed by atoms with Crippen molar-refractivity contribution in [2.24, 2.45) is 0 Å². The van der Waals surface area contributed by atoms with Crippen LogP contribution in [0.3, 0.4) is 0 Å². The monoisotopic (exact) mass is 312 g/mol. The van der Waals surface area contributed by atoms with Gasteiger partial charge in [-0.25, -0.2) is 0 Å². The van der Waals surface area contributed by atoms with Gasteiger partial charge in [-0.15, -0.1) is 0 Å². The van der Waals surface area contributed by atoms with Crippen LogP contribution in [-0.4, -0.2) is 11.7 Å². The number of anilines is 1. The normalized spacial score (nSPS) is 10.3. The van der Waals surface area contributed by atoms with Gasteiger partial charge in [0.2, 0.25) is 0 Å². The SMILES string of the molecule is Cc1cccc(CCCNC(=S)Nc2ccc(C)cc2C)c1. The Morgan fingerprint density at radius 2 is 1.77 bits per heavy atom. The zero-order valence-electron chi connectivity index (χ0n) is 13.6. The molecule has 0 aliphatic rings. The summed E-state index contributed by atoms with van der Waals surface area (Å²) >= 11 is 5.36. The fourth-order valence-electron chi connectivity index (χ4n) is 2.48. The Balaban J connectivity index is 1.74. The van der Waals surface area contributed by atoms with E-state index in [-0.39, 0.29) is 0 Å². The first-order chi connectivity index (χ1) is 10.5. The van der Waals surface area contributed by atoms with E-state index in [2.05, 4.69) is 73.9 Å². The highest BCUT2D eigenvalue weighted by Gasteiger charge is 2.01. The Hall–Kier alpha value is -1.87. The Bertz CT molecular complexity index is 650. The number of benzene rings is 2. The molecule has 0 spiro atoms. The van der Waals surface area contributed by atoms with Crippen molar-refractivity contribution in [2.45, 2.75) is 33.6 Å². The Kier molecular flexibility index (Phi) is 5.96. The highest BCUT2D eigenvalue weighted by atomic mass is 32.1. The van der Waals surface area contributed by atoms with Gasteiger partial charge in [0.15, 0.2) is 5.11 Å². The van der Waals surface area contributed by atoms with Gasteiger partial charge in [-0.05, 0) is 63.0 Å². The van der Waals surface area contributed by atoms with Crippen LogP contribution in [0.4, 0.5) is 5.69 Å². The standard InChI is InChI=1S/C19H24N2S/c1-14-6-4-7-17(13-14)8-5-11-20-19(22)21-18-10-9-15(2)12-16(18)3/h4,6-7,9-10,12-13H,5,8,11H2,1-3H3,(H2,20,21,22). The summed E-state index contributed by atoms with van der Waals surface area (Å²) in [5, 5.41) is 7.23. The maximum Gasteiger partial charge on any atom is 0.170 e. The number of hydrogen-bond acceptors (Lipinski definition) is 1. The third-order valence-corrected chi connectivity index (χ3v) is 3.89. The fraction of sp³-hybridized carbons (Fsp3) is 0.316. The van der Waals surface area contributed by atoms with E-state index in [1.54, 1.807) is 0 Å². The maximum absolute atomic E-state index is 5.36. The van der Waals surface area contributed by atoms with Crippen molar-refractivity contribution >= 4 is 23.0 Å². The summed E-state index contributed by atoms with van der Waals surface area (Å²) < 4.78 is 0. The molecule has 0 aliphatic carbocycles. The van der Waals surface area contributed by atoms with Crippen molar-refractivity contribution < 1.29 is 0 Å². The summed E-state index contributed by atoms with van der Waals surface area (Å²) in [7, 11) is 0. The average Bonchev–Trinajstić information content (AvgIpc) is 2.47. The minimum atomic E-state index is 0.691. The number of rotatable bonds is 5. The van der Waals surface area contributed by atoms with Gasteiger partial charge in [0.1, 0.15) is 0 Å². The van der Waals surface area contributed by atoms with Gasteiger partial charge in [0.25, 0.3) is 0 Å². The van der Waals surface area contributed by atoms with Crippen molar-refractivity contribution in [3.63, 3.8) is 0 Å². The van der Waals surface area contributed by atoms with Crippen LogP contribution in [0.5, 0.6) is 0 Å². The molecule has 2 nitrogen and oxygen atoms in total. The van der Waals surface area contributed by atoms with E-state index in [0.717, 1.165) is 25.1 Å². The van der Waals surface area contributed by atoms with Crippen molar-refractivity contribution in [3.05, 3.63) is 64.7 Å². The third-order valence-electron chi connectivity index (χ3n) is 3.64. The molecule has 0 heterocycles. The van der Waals surface area contributed by atoms with E-state index in [9.17, 15) is 0 Å². The molecule has 0 amide bonds. The van der Waals surface area contributed by atoms with E-state index in [0.29, 0.717) is 5.11 Å². The predicted octanol–water partition coefficient (Wildman–Crippen LogP) is 4.53. The Morgan fingerprint density at radius 1 is 1.00 bits per heavy atom. The summed E-state index contributed by atoms with van der Waals surface area (Å²) in [6, 6.07) is 15.0. The lowest BCUT2D eigenvalue weighted by molar-refractivity contribution is 0.777. The van der Waals surface area contributed by atoms with Crippen LogP contribution in [0.25, 0.3) is 0 Å². The maximum atomic E-state index is 5.36. The Labute approximate surface area is 139 Å². The molecule has 3 heteroatoms. The molecule has 0 bridgehead atoms. The quantitative estimate of drug-likeness (QED) is 0.626. The molecule has 0 fully saturated rings. The molecule has 2 aromatic carbocycles. The molecule has 0 unspecified atom stereocenters. The number of hydrogen-bond donors (Lipinski definition) is 2. The van der Waals surface area contributed by atoms with E-state index >= 15 is 0 Å². The summed E-state index contributed by atoms with van der Waals surface area (Å²) in [5.74, 6) is 0. The minimum Gasteiger partial charge on any atom is -0.362 e. The van der Waals surface area contributed by atoms with Gasteiger partial charge in [0, 0.05) is 12.2 Å². The van der Waals surface area contributed by atoms with Gasteiger partial charge < -0.3 is 10.6 Å². The van der Waals surface area contributed by atoms with E-state index in [1.807, 2.05) is 0 Å². The van der Waals surface area contributed by atoms with E-state index < -0.39 is 0 Å². The molecule has 0 aromatic heterocycles. The summed E-state index contributed by atoms with van der Waals surface area (Å²) in [5.41, 5.74) is 6.25. The number of thiocarbonyl (C=S) groups is 1. The molecule has 2 rings (SSSR count). The molecule has 0 saturated carbocycles. The first-order valence-corrected chi connectivity index (χ1v) is 8.13. The summed E-state index contributed by atoms with van der Waals surface area (Å²) in [6.45, 7) is 7.20.